The van der Waals surface area contributed by atoms with Gasteiger partial charge < -0.3 is 5.11 Å². The third-order valence-corrected chi connectivity index (χ3v) is 2.74. The second kappa shape index (κ2) is 4.18. The first-order valence-corrected chi connectivity index (χ1v) is 4.59. The topological polar surface area (TPSA) is 44.0 Å². The second-order valence-corrected chi connectivity index (χ2v) is 3.73. The molecule has 0 aromatic heterocycles. The van der Waals surface area contributed by atoms with E-state index in [0.29, 0.717) is 25.7 Å². The first kappa shape index (κ1) is 11.3. The van der Waals surface area contributed by atoms with Crippen LogP contribution in [0, 0.1) is 23.2 Å². The molecule has 1 aliphatic carbocycles. The molecule has 80 valence electrons. The average Bonchev–Trinajstić information content (AvgIpc) is 2.15. The van der Waals surface area contributed by atoms with Crippen molar-refractivity contribution in [3.63, 3.8) is 0 Å². The molecule has 1 saturated carbocycles. The highest BCUT2D eigenvalue weighted by atomic mass is 19.4. The van der Waals surface area contributed by atoms with Gasteiger partial charge in [-0.3, -0.25) is 0 Å². The van der Waals surface area contributed by atoms with Crippen LogP contribution >= 0.6 is 0 Å². The van der Waals surface area contributed by atoms with Gasteiger partial charge in [0, 0.05) is 5.92 Å². The van der Waals surface area contributed by atoms with Gasteiger partial charge >= 0.3 is 6.18 Å². The van der Waals surface area contributed by atoms with Crippen molar-refractivity contribution in [1.29, 1.82) is 5.26 Å². The summed E-state index contributed by atoms with van der Waals surface area (Å²) in [5.41, 5.74) is 0. The van der Waals surface area contributed by atoms with Crippen molar-refractivity contribution in [2.45, 2.75) is 38.0 Å². The number of hydrogen-bond acceptors (Lipinski definition) is 2. The second-order valence-electron chi connectivity index (χ2n) is 3.73. The van der Waals surface area contributed by atoms with Crippen LogP contribution < -0.4 is 0 Å². The van der Waals surface area contributed by atoms with Gasteiger partial charge in [0.1, 0.15) is 0 Å². The molecule has 0 radical (unpaired) electrons. The molecule has 0 amide bonds. The van der Waals surface area contributed by atoms with Gasteiger partial charge in [-0.05, 0) is 31.6 Å². The number of hydrogen-bond donors (Lipinski definition) is 1. The number of nitrogens with zero attached hydrogens (tertiary/aromatic N) is 1. The molecule has 0 aromatic carbocycles. The predicted molar refractivity (Wildman–Crippen MR) is 43.1 cm³/mol. The average molecular weight is 207 g/mol. The van der Waals surface area contributed by atoms with Crippen molar-refractivity contribution in [2.24, 2.45) is 11.8 Å². The van der Waals surface area contributed by atoms with E-state index in [0.717, 1.165) is 0 Å². The third kappa shape index (κ3) is 2.61. The Balaban J connectivity index is 2.46. The molecule has 14 heavy (non-hydrogen) atoms. The lowest BCUT2D eigenvalue weighted by molar-refractivity contribution is -0.222. The van der Waals surface area contributed by atoms with E-state index in [1.54, 1.807) is 0 Å². The molecule has 1 aliphatic rings. The van der Waals surface area contributed by atoms with Crippen LogP contribution in [0.25, 0.3) is 0 Å². The zero-order chi connectivity index (χ0) is 10.8. The van der Waals surface area contributed by atoms with Gasteiger partial charge in [0.05, 0.1) is 6.07 Å². The maximum absolute atomic E-state index is 12.1. The SMILES string of the molecule is N#CC1CCC(C(O)C(F)(F)F)CC1. The molecule has 1 fully saturated rings. The van der Waals surface area contributed by atoms with E-state index in [9.17, 15) is 13.2 Å². The van der Waals surface area contributed by atoms with E-state index in [1.807, 2.05) is 6.07 Å². The van der Waals surface area contributed by atoms with E-state index in [4.69, 9.17) is 10.4 Å². The minimum absolute atomic E-state index is 0.133. The molecule has 0 spiro atoms. The Morgan fingerprint density at radius 2 is 1.71 bits per heavy atom. The van der Waals surface area contributed by atoms with Gasteiger partial charge in [-0.1, -0.05) is 0 Å². The van der Waals surface area contributed by atoms with E-state index in [-0.39, 0.29) is 5.92 Å². The van der Waals surface area contributed by atoms with Crippen LogP contribution in [0.3, 0.4) is 0 Å². The minimum Gasteiger partial charge on any atom is -0.383 e. The largest absolute Gasteiger partial charge is 0.414 e. The number of alkyl halides is 3. The first-order valence-electron chi connectivity index (χ1n) is 4.59. The summed E-state index contributed by atoms with van der Waals surface area (Å²) in [7, 11) is 0. The van der Waals surface area contributed by atoms with Gasteiger partial charge in [0.2, 0.25) is 0 Å². The van der Waals surface area contributed by atoms with Gasteiger partial charge in [-0.25, -0.2) is 0 Å². The number of aliphatic hydroxyl groups is 1. The molecular weight excluding hydrogens is 195 g/mol. The number of rotatable bonds is 1. The summed E-state index contributed by atoms with van der Waals surface area (Å²) < 4.78 is 36.3. The first-order chi connectivity index (χ1) is 6.45. The predicted octanol–water partition coefficient (Wildman–Crippen LogP) is 2.24. The molecule has 1 unspecified atom stereocenters. The van der Waals surface area contributed by atoms with E-state index < -0.39 is 18.2 Å². The summed E-state index contributed by atoms with van der Waals surface area (Å²) in [5, 5.41) is 17.5. The van der Waals surface area contributed by atoms with Crippen LogP contribution in [0.1, 0.15) is 25.7 Å². The van der Waals surface area contributed by atoms with Crippen molar-refractivity contribution in [2.75, 3.05) is 0 Å². The monoisotopic (exact) mass is 207 g/mol. The lowest BCUT2D eigenvalue weighted by Crippen LogP contribution is -2.37. The van der Waals surface area contributed by atoms with Gasteiger partial charge in [-0.2, -0.15) is 18.4 Å². The van der Waals surface area contributed by atoms with Crippen LogP contribution in [0.4, 0.5) is 13.2 Å². The highest BCUT2D eigenvalue weighted by molar-refractivity contribution is 4.89. The molecule has 0 aromatic rings. The number of nitriles is 1. The Kier molecular flexibility index (Phi) is 3.38. The third-order valence-electron chi connectivity index (χ3n) is 2.74. The molecule has 0 saturated heterocycles. The molecule has 0 heterocycles. The fourth-order valence-corrected chi connectivity index (χ4v) is 1.83. The lowest BCUT2D eigenvalue weighted by Gasteiger charge is -2.29. The highest BCUT2D eigenvalue weighted by Crippen LogP contribution is 2.36. The van der Waals surface area contributed by atoms with Crippen molar-refractivity contribution >= 4 is 0 Å². The summed E-state index contributed by atoms with van der Waals surface area (Å²) in [6.45, 7) is 0. The zero-order valence-electron chi connectivity index (χ0n) is 7.59. The molecule has 1 atom stereocenters. The van der Waals surface area contributed by atoms with Crippen molar-refractivity contribution in [3.05, 3.63) is 0 Å². The van der Waals surface area contributed by atoms with Gasteiger partial charge in [-0.15, -0.1) is 0 Å². The Bertz CT molecular complexity index is 225. The van der Waals surface area contributed by atoms with Crippen LogP contribution in [0.2, 0.25) is 0 Å². The smallest absolute Gasteiger partial charge is 0.383 e. The fourth-order valence-electron chi connectivity index (χ4n) is 1.83. The maximum Gasteiger partial charge on any atom is 0.414 e. The summed E-state index contributed by atoms with van der Waals surface area (Å²) in [5.74, 6) is -0.855. The Hall–Kier alpha value is -0.760. The van der Waals surface area contributed by atoms with Crippen molar-refractivity contribution in [3.8, 4) is 6.07 Å². The summed E-state index contributed by atoms with van der Waals surface area (Å²) in [4.78, 5) is 0. The number of aliphatic hydroxyl groups excluding tert-OH is 1. The van der Waals surface area contributed by atoms with E-state index >= 15 is 0 Å². The quantitative estimate of drug-likeness (QED) is 0.716. The van der Waals surface area contributed by atoms with Gasteiger partial charge in [0.15, 0.2) is 6.10 Å². The molecule has 1 rings (SSSR count). The summed E-state index contributed by atoms with van der Waals surface area (Å²) >= 11 is 0. The highest BCUT2D eigenvalue weighted by Gasteiger charge is 2.44. The summed E-state index contributed by atoms with van der Waals surface area (Å²) in [6.07, 6.45) is -5.23. The number of halogens is 3. The lowest BCUT2D eigenvalue weighted by atomic mass is 9.80. The molecule has 0 bridgehead atoms. The molecular formula is C9H12F3NO. The van der Waals surface area contributed by atoms with Crippen molar-refractivity contribution in [1.82, 2.24) is 0 Å². The molecule has 2 nitrogen and oxygen atoms in total. The molecule has 1 N–H and O–H groups in total. The standard InChI is InChI=1S/C9H12F3NO/c10-9(11,12)8(14)7-3-1-6(5-13)2-4-7/h6-8,14H,1-4H2. The normalized spacial score (nSPS) is 30.8. The Morgan fingerprint density at radius 3 is 2.07 bits per heavy atom. The van der Waals surface area contributed by atoms with Crippen molar-refractivity contribution < 1.29 is 18.3 Å². The van der Waals surface area contributed by atoms with Gasteiger partial charge in [0.25, 0.3) is 0 Å². The van der Waals surface area contributed by atoms with Crippen LogP contribution in [-0.4, -0.2) is 17.4 Å². The zero-order valence-corrected chi connectivity index (χ0v) is 7.59. The fraction of sp³-hybridized carbons (Fsp3) is 0.889. The van der Waals surface area contributed by atoms with Crippen LogP contribution in [-0.2, 0) is 0 Å². The molecule has 0 aliphatic heterocycles. The Morgan fingerprint density at radius 1 is 1.21 bits per heavy atom. The maximum atomic E-state index is 12.1. The Labute approximate surface area is 80.3 Å². The minimum atomic E-state index is -4.52. The summed E-state index contributed by atoms with van der Waals surface area (Å²) in [6, 6.07) is 2.04. The van der Waals surface area contributed by atoms with E-state index in [1.165, 1.54) is 0 Å². The molecule has 5 heteroatoms. The van der Waals surface area contributed by atoms with E-state index in [2.05, 4.69) is 0 Å². The van der Waals surface area contributed by atoms with Crippen LogP contribution in [0.5, 0.6) is 0 Å². The van der Waals surface area contributed by atoms with Crippen LogP contribution in [0.15, 0.2) is 0 Å².